The minimum Gasteiger partial charge on any atom is -0.380 e. The first-order valence-corrected chi connectivity index (χ1v) is 3.75. The second-order valence-corrected chi connectivity index (χ2v) is 2.51. The van der Waals surface area contributed by atoms with E-state index in [0.717, 1.165) is 5.56 Å². The summed E-state index contributed by atoms with van der Waals surface area (Å²) >= 11 is 0. The lowest BCUT2D eigenvalue weighted by Gasteiger charge is -2.06. The van der Waals surface area contributed by atoms with Crippen molar-refractivity contribution in [2.24, 2.45) is 5.73 Å². The molecule has 0 aliphatic carbocycles. The fraction of sp³-hybridized carbons (Fsp3) is 0.333. The second kappa shape index (κ2) is 4.18. The number of halogens is 1. The van der Waals surface area contributed by atoms with Gasteiger partial charge in [0.05, 0.1) is 6.61 Å². The molecule has 66 valence electrons. The molecule has 0 radical (unpaired) electrons. The average molecular weight is 169 g/mol. The van der Waals surface area contributed by atoms with Crippen molar-refractivity contribution in [3.8, 4) is 0 Å². The zero-order valence-corrected chi connectivity index (χ0v) is 7.01. The summed E-state index contributed by atoms with van der Waals surface area (Å²) in [6.07, 6.45) is 0. The van der Waals surface area contributed by atoms with Crippen molar-refractivity contribution in [2.45, 2.75) is 13.2 Å². The van der Waals surface area contributed by atoms with Crippen LogP contribution in [0.3, 0.4) is 0 Å². The van der Waals surface area contributed by atoms with Gasteiger partial charge in [-0.1, -0.05) is 12.1 Å². The third-order valence-corrected chi connectivity index (χ3v) is 1.72. The summed E-state index contributed by atoms with van der Waals surface area (Å²) in [5.74, 6) is -0.257. The zero-order valence-electron chi connectivity index (χ0n) is 7.01. The number of nitrogens with two attached hydrogens (primary N) is 1. The predicted molar refractivity (Wildman–Crippen MR) is 45.0 cm³/mol. The van der Waals surface area contributed by atoms with Gasteiger partial charge in [0.25, 0.3) is 0 Å². The molecule has 12 heavy (non-hydrogen) atoms. The lowest BCUT2D eigenvalue weighted by atomic mass is 10.1. The molecule has 0 heterocycles. The molecule has 0 aliphatic heterocycles. The summed E-state index contributed by atoms with van der Waals surface area (Å²) in [7, 11) is 1.57. The molecule has 3 heteroatoms. The van der Waals surface area contributed by atoms with E-state index in [-0.39, 0.29) is 12.4 Å². The Morgan fingerprint density at radius 2 is 2.25 bits per heavy atom. The molecule has 0 saturated carbocycles. The molecule has 1 rings (SSSR count). The van der Waals surface area contributed by atoms with Crippen LogP contribution in [0.25, 0.3) is 0 Å². The Hall–Kier alpha value is -0.930. The highest BCUT2D eigenvalue weighted by molar-refractivity contribution is 5.27. The highest BCUT2D eigenvalue weighted by Gasteiger charge is 2.04. The number of benzene rings is 1. The summed E-state index contributed by atoms with van der Waals surface area (Å²) in [6, 6.07) is 4.87. The van der Waals surface area contributed by atoms with Gasteiger partial charge >= 0.3 is 0 Å². The minimum atomic E-state index is -0.257. The molecular weight excluding hydrogens is 157 g/mol. The number of methoxy groups -OCH3 is 1. The first-order chi connectivity index (χ1) is 5.79. The molecule has 0 saturated heterocycles. The van der Waals surface area contributed by atoms with Crippen LogP contribution in [0.1, 0.15) is 11.1 Å². The zero-order chi connectivity index (χ0) is 8.97. The number of hydrogen-bond acceptors (Lipinski definition) is 2. The van der Waals surface area contributed by atoms with Crippen molar-refractivity contribution in [3.05, 3.63) is 35.1 Å². The van der Waals surface area contributed by atoms with Gasteiger partial charge in [-0.25, -0.2) is 4.39 Å². The van der Waals surface area contributed by atoms with Crippen LogP contribution < -0.4 is 5.73 Å². The Bertz CT molecular complexity index is 263. The fourth-order valence-corrected chi connectivity index (χ4v) is 1.12. The molecule has 0 unspecified atom stereocenters. The molecule has 0 aliphatic rings. The highest BCUT2D eigenvalue weighted by atomic mass is 19.1. The first-order valence-electron chi connectivity index (χ1n) is 3.75. The Morgan fingerprint density at radius 1 is 1.50 bits per heavy atom. The maximum atomic E-state index is 13.0. The van der Waals surface area contributed by atoms with Gasteiger partial charge in [-0.3, -0.25) is 0 Å². The summed E-state index contributed by atoms with van der Waals surface area (Å²) in [5.41, 5.74) is 6.75. The van der Waals surface area contributed by atoms with Crippen molar-refractivity contribution < 1.29 is 9.13 Å². The third kappa shape index (κ3) is 1.81. The van der Waals surface area contributed by atoms with Crippen LogP contribution >= 0.6 is 0 Å². The van der Waals surface area contributed by atoms with Gasteiger partial charge in [-0.05, 0) is 11.6 Å². The molecule has 1 aromatic carbocycles. The minimum absolute atomic E-state index is 0.214. The number of hydrogen-bond donors (Lipinski definition) is 1. The lowest BCUT2D eigenvalue weighted by molar-refractivity contribution is 0.183. The van der Waals surface area contributed by atoms with Gasteiger partial charge < -0.3 is 10.5 Å². The van der Waals surface area contributed by atoms with Gasteiger partial charge in [-0.15, -0.1) is 0 Å². The SMILES string of the molecule is COCc1cccc(F)c1CN. The second-order valence-electron chi connectivity index (χ2n) is 2.51. The summed E-state index contributed by atoms with van der Waals surface area (Å²) in [5, 5.41) is 0. The van der Waals surface area contributed by atoms with Crippen LogP contribution in [0.5, 0.6) is 0 Å². The van der Waals surface area contributed by atoms with Gasteiger partial charge in [0.15, 0.2) is 0 Å². The van der Waals surface area contributed by atoms with Crippen molar-refractivity contribution in [1.29, 1.82) is 0 Å². The highest BCUT2D eigenvalue weighted by Crippen LogP contribution is 2.13. The maximum absolute atomic E-state index is 13.0. The summed E-state index contributed by atoms with van der Waals surface area (Å²) < 4.78 is 17.9. The van der Waals surface area contributed by atoms with Crippen molar-refractivity contribution in [1.82, 2.24) is 0 Å². The fourth-order valence-electron chi connectivity index (χ4n) is 1.12. The van der Waals surface area contributed by atoms with Crippen molar-refractivity contribution >= 4 is 0 Å². The van der Waals surface area contributed by atoms with Crippen LogP contribution in [0, 0.1) is 5.82 Å². The molecule has 0 aromatic heterocycles. The van der Waals surface area contributed by atoms with Crippen LogP contribution in [-0.4, -0.2) is 7.11 Å². The largest absolute Gasteiger partial charge is 0.380 e. The number of ether oxygens (including phenoxy) is 1. The molecule has 0 atom stereocenters. The summed E-state index contributed by atoms with van der Waals surface area (Å²) in [6.45, 7) is 0.621. The molecule has 0 amide bonds. The monoisotopic (exact) mass is 169 g/mol. The maximum Gasteiger partial charge on any atom is 0.128 e. The Kier molecular flexibility index (Phi) is 3.19. The van der Waals surface area contributed by atoms with E-state index in [4.69, 9.17) is 10.5 Å². The Labute approximate surface area is 71.1 Å². The normalized spacial score (nSPS) is 10.2. The molecule has 0 spiro atoms. The van der Waals surface area contributed by atoms with Gasteiger partial charge in [-0.2, -0.15) is 0 Å². The van der Waals surface area contributed by atoms with Gasteiger partial charge in [0.1, 0.15) is 5.82 Å². The van der Waals surface area contributed by atoms with Crippen molar-refractivity contribution in [3.63, 3.8) is 0 Å². The van der Waals surface area contributed by atoms with Crippen LogP contribution in [0.15, 0.2) is 18.2 Å². The predicted octanol–water partition coefficient (Wildman–Crippen LogP) is 1.43. The van der Waals surface area contributed by atoms with Gasteiger partial charge in [0.2, 0.25) is 0 Å². The van der Waals surface area contributed by atoms with Crippen molar-refractivity contribution in [2.75, 3.05) is 7.11 Å². The lowest BCUT2D eigenvalue weighted by Crippen LogP contribution is -2.05. The van der Waals surface area contributed by atoms with E-state index in [0.29, 0.717) is 12.2 Å². The van der Waals surface area contributed by atoms with Crippen LogP contribution in [-0.2, 0) is 17.9 Å². The van der Waals surface area contributed by atoms with E-state index in [1.54, 1.807) is 13.2 Å². The van der Waals surface area contributed by atoms with E-state index >= 15 is 0 Å². The van der Waals surface area contributed by atoms with Crippen LogP contribution in [0.2, 0.25) is 0 Å². The quantitative estimate of drug-likeness (QED) is 0.742. The molecule has 0 bridgehead atoms. The van der Waals surface area contributed by atoms with E-state index in [9.17, 15) is 4.39 Å². The molecule has 2 nitrogen and oxygen atoms in total. The van der Waals surface area contributed by atoms with E-state index in [1.165, 1.54) is 6.07 Å². The molecular formula is C9H12FNO. The van der Waals surface area contributed by atoms with E-state index < -0.39 is 0 Å². The average Bonchev–Trinajstić information content (AvgIpc) is 2.05. The van der Waals surface area contributed by atoms with Crippen LogP contribution in [0.4, 0.5) is 4.39 Å². The third-order valence-electron chi connectivity index (χ3n) is 1.72. The standard InChI is InChI=1S/C9H12FNO/c1-12-6-7-3-2-4-9(10)8(7)5-11/h2-4H,5-6,11H2,1H3. The first kappa shape index (κ1) is 9.16. The molecule has 0 fully saturated rings. The van der Waals surface area contributed by atoms with E-state index in [1.807, 2.05) is 6.07 Å². The summed E-state index contributed by atoms with van der Waals surface area (Å²) in [4.78, 5) is 0. The van der Waals surface area contributed by atoms with Gasteiger partial charge in [0, 0.05) is 19.2 Å². The molecule has 1 aromatic rings. The van der Waals surface area contributed by atoms with E-state index in [2.05, 4.69) is 0 Å². The molecule has 2 N–H and O–H groups in total. The topological polar surface area (TPSA) is 35.2 Å². The smallest absolute Gasteiger partial charge is 0.128 e. The Morgan fingerprint density at radius 3 is 2.83 bits per heavy atom. The Balaban J connectivity index is 3.00. The number of rotatable bonds is 3.